The number of aromatic nitrogens is 1. The molecule has 2 rings (SSSR count). The monoisotopic (exact) mass is 264 g/mol. The van der Waals surface area contributed by atoms with Gasteiger partial charge in [0.2, 0.25) is 0 Å². The minimum absolute atomic E-state index is 0.0300. The fraction of sp³-hybridized carbons (Fsp3) is 0.0909. The van der Waals surface area contributed by atoms with Crippen LogP contribution in [0.3, 0.4) is 0 Å². The molecule has 0 aliphatic carbocycles. The molecular weight excluding hydrogens is 256 g/mol. The lowest BCUT2D eigenvalue weighted by Gasteiger charge is -1.97. The van der Waals surface area contributed by atoms with Crippen molar-refractivity contribution in [2.24, 2.45) is 0 Å². The third-order valence-electron chi connectivity index (χ3n) is 2.53. The van der Waals surface area contributed by atoms with Crippen LogP contribution in [0.5, 0.6) is 0 Å². The Morgan fingerprint density at radius 3 is 2.61 bits per heavy atom. The second-order valence-electron chi connectivity index (χ2n) is 3.76. The van der Waals surface area contributed by atoms with E-state index in [1.54, 1.807) is 6.07 Å². The SMILES string of the molecule is CS(=O)(=O)c1ccc2c(C#N)n(C(=O)O)cc2c1. The summed E-state index contributed by atoms with van der Waals surface area (Å²) < 4.78 is 23.5. The Labute approximate surface area is 103 Å². The van der Waals surface area contributed by atoms with Gasteiger partial charge in [0.15, 0.2) is 9.84 Å². The van der Waals surface area contributed by atoms with Crippen molar-refractivity contribution in [2.45, 2.75) is 4.90 Å². The van der Waals surface area contributed by atoms with Crippen molar-refractivity contribution in [1.29, 1.82) is 5.26 Å². The van der Waals surface area contributed by atoms with Crippen LogP contribution in [0.15, 0.2) is 29.3 Å². The first-order valence-corrected chi connectivity index (χ1v) is 6.72. The fourth-order valence-electron chi connectivity index (χ4n) is 1.69. The highest BCUT2D eigenvalue weighted by atomic mass is 32.2. The minimum atomic E-state index is -3.36. The Morgan fingerprint density at radius 2 is 2.11 bits per heavy atom. The lowest BCUT2D eigenvalue weighted by atomic mass is 10.2. The molecule has 0 spiro atoms. The molecule has 0 radical (unpaired) electrons. The van der Waals surface area contributed by atoms with Crippen LogP contribution in [0.4, 0.5) is 4.79 Å². The van der Waals surface area contributed by atoms with E-state index in [1.807, 2.05) is 0 Å². The van der Waals surface area contributed by atoms with Crippen molar-refractivity contribution in [3.63, 3.8) is 0 Å². The standard InChI is InChI=1S/C11H8N2O4S/c1-18(16,17)8-2-3-9-7(4-8)6-13(11(14)15)10(9)5-12/h2-4,6H,1H3,(H,14,15). The number of fused-ring (bicyclic) bond motifs is 1. The summed E-state index contributed by atoms with van der Waals surface area (Å²) >= 11 is 0. The molecule has 0 atom stereocenters. The second kappa shape index (κ2) is 3.85. The molecule has 0 amide bonds. The molecule has 0 aliphatic heterocycles. The first-order chi connectivity index (χ1) is 8.34. The Morgan fingerprint density at radius 1 is 1.44 bits per heavy atom. The van der Waals surface area contributed by atoms with Crippen molar-refractivity contribution < 1.29 is 18.3 Å². The first-order valence-electron chi connectivity index (χ1n) is 4.83. The lowest BCUT2D eigenvalue weighted by molar-refractivity contribution is 0.196. The molecule has 1 aromatic carbocycles. The summed E-state index contributed by atoms with van der Waals surface area (Å²) in [6.07, 6.45) is 1.00. The van der Waals surface area contributed by atoms with Gasteiger partial charge in [-0.05, 0) is 12.1 Å². The predicted octanol–water partition coefficient (Wildman–Crippen LogP) is 1.44. The summed E-state index contributed by atoms with van der Waals surface area (Å²) in [7, 11) is -3.36. The van der Waals surface area contributed by atoms with Crippen LogP contribution in [0.25, 0.3) is 10.8 Å². The smallest absolute Gasteiger partial charge is 0.416 e. The molecule has 6 nitrogen and oxygen atoms in total. The van der Waals surface area contributed by atoms with E-state index in [0.29, 0.717) is 10.8 Å². The van der Waals surface area contributed by atoms with Gasteiger partial charge in [-0.15, -0.1) is 0 Å². The number of hydrogen-bond acceptors (Lipinski definition) is 4. The largest absolute Gasteiger partial charge is 0.464 e. The van der Waals surface area contributed by atoms with Crippen LogP contribution < -0.4 is 0 Å². The fourth-order valence-corrected chi connectivity index (χ4v) is 2.35. The molecule has 0 fully saturated rings. The molecular formula is C11H8N2O4S. The number of hydrogen-bond donors (Lipinski definition) is 1. The average molecular weight is 264 g/mol. The van der Waals surface area contributed by atoms with Crippen molar-refractivity contribution in [1.82, 2.24) is 4.57 Å². The maximum Gasteiger partial charge on any atom is 0.416 e. The van der Waals surface area contributed by atoms with Crippen LogP contribution in [-0.2, 0) is 9.84 Å². The van der Waals surface area contributed by atoms with E-state index >= 15 is 0 Å². The highest BCUT2D eigenvalue weighted by Gasteiger charge is 2.15. The minimum Gasteiger partial charge on any atom is -0.464 e. The Balaban J connectivity index is 2.83. The topological polar surface area (TPSA) is 100 Å². The molecule has 1 aromatic heterocycles. The molecule has 92 valence electrons. The van der Waals surface area contributed by atoms with Crippen LogP contribution in [0.2, 0.25) is 0 Å². The molecule has 18 heavy (non-hydrogen) atoms. The van der Waals surface area contributed by atoms with E-state index in [-0.39, 0.29) is 10.6 Å². The summed E-state index contributed by atoms with van der Waals surface area (Å²) in [5.74, 6) is 0. The zero-order valence-electron chi connectivity index (χ0n) is 9.28. The van der Waals surface area contributed by atoms with Crippen LogP contribution in [0.1, 0.15) is 5.69 Å². The van der Waals surface area contributed by atoms with Gasteiger partial charge < -0.3 is 5.11 Å². The lowest BCUT2D eigenvalue weighted by Crippen LogP contribution is -2.08. The number of nitrogens with zero attached hydrogens (tertiary/aromatic N) is 2. The number of carboxylic acid groups (broad SMARTS) is 1. The number of sulfone groups is 1. The molecule has 0 saturated heterocycles. The first kappa shape index (κ1) is 12.1. The van der Waals surface area contributed by atoms with E-state index in [2.05, 4.69) is 0 Å². The summed E-state index contributed by atoms with van der Waals surface area (Å²) in [5, 5.41) is 18.7. The van der Waals surface area contributed by atoms with Crippen LogP contribution in [-0.4, -0.2) is 30.4 Å². The number of benzene rings is 1. The maximum absolute atomic E-state index is 11.4. The van der Waals surface area contributed by atoms with E-state index in [9.17, 15) is 13.2 Å². The normalized spacial score (nSPS) is 11.3. The third-order valence-corrected chi connectivity index (χ3v) is 3.64. The van der Waals surface area contributed by atoms with Crippen molar-refractivity contribution in [3.8, 4) is 6.07 Å². The Bertz CT molecular complexity index is 796. The summed E-state index contributed by atoms with van der Waals surface area (Å²) in [6.45, 7) is 0. The molecule has 7 heteroatoms. The molecule has 0 bridgehead atoms. The zero-order chi connectivity index (χ0) is 13.5. The molecule has 0 saturated carbocycles. The van der Waals surface area contributed by atoms with Gasteiger partial charge in [-0.25, -0.2) is 17.8 Å². The average Bonchev–Trinajstić information content (AvgIpc) is 2.65. The molecule has 1 N–H and O–H groups in total. The summed E-state index contributed by atoms with van der Waals surface area (Å²) in [4.78, 5) is 11.0. The molecule has 0 aliphatic rings. The quantitative estimate of drug-likeness (QED) is 0.840. The Kier molecular flexibility index (Phi) is 2.60. The highest BCUT2D eigenvalue weighted by Crippen LogP contribution is 2.24. The second-order valence-corrected chi connectivity index (χ2v) is 5.78. The number of rotatable bonds is 1. The zero-order valence-corrected chi connectivity index (χ0v) is 10.1. The molecule has 1 heterocycles. The molecule has 2 aromatic rings. The predicted molar refractivity (Wildman–Crippen MR) is 63.2 cm³/mol. The summed E-state index contributed by atoms with van der Waals surface area (Å²) in [6, 6.07) is 5.93. The van der Waals surface area contributed by atoms with Gasteiger partial charge in [-0.3, -0.25) is 0 Å². The van der Waals surface area contributed by atoms with Gasteiger partial charge in [0.05, 0.1) is 4.90 Å². The van der Waals surface area contributed by atoms with Crippen molar-refractivity contribution in [2.75, 3.05) is 6.26 Å². The van der Waals surface area contributed by atoms with Gasteiger partial charge in [-0.2, -0.15) is 5.26 Å². The maximum atomic E-state index is 11.4. The van der Waals surface area contributed by atoms with Gasteiger partial charge in [-0.1, -0.05) is 6.07 Å². The number of carbonyl (C=O) groups is 1. The summed E-state index contributed by atoms with van der Waals surface area (Å²) in [5.41, 5.74) is -0.0300. The van der Waals surface area contributed by atoms with Crippen molar-refractivity contribution >= 4 is 26.7 Å². The van der Waals surface area contributed by atoms with Gasteiger partial charge in [0.25, 0.3) is 0 Å². The van der Waals surface area contributed by atoms with Gasteiger partial charge in [0.1, 0.15) is 11.8 Å². The Hall–Kier alpha value is -2.33. The van der Waals surface area contributed by atoms with E-state index in [4.69, 9.17) is 10.4 Å². The number of nitriles is 1. The van der Waals surface area contributed by atoms with E-state index < -0.39 is 15.9 Å². The van der Waals surface area contributed by atoms with Crippen molar-refractivity contribution in [3.05, 3.63) is 30.1 Å². The van der Waals surface area contributed by atoms with Crippen LogP contribution in [0, 0.1) is 11.3 Å². The van der Waals surface area contributed by atoms with Gasteiger partial charge >= 0.3 is 6.09 Å². The van der Waals surface area contributed by atoms with Gasteiger partial charge in [0, 0.05) is 23.2 Å². The van der Waals surface area contributed by atoms with E-state index in [1.165, 1.54) is 24.4 Å². The third kappa shape index (κ3) is 1.83. The van der Waals surface area contributed by atoms with E-state index in [0.717, 1.165) is 10.8 Å². The highest BCUT2D eigenvalue weighted by molar-refractivity contribution is 7.90. The van der Waals surface area contributed by atoms with Crippen LogP contribution >= 0.6 is 0 Å². The molecule has 0 unspecified atom stereocenters.